The fourth-order valence-corrected chi connectivity index (χ4v) is 3.12. The van der Waals surface area contributed by atoms with Crippen molar-refractivity contribution >= 4 is 38.9 Å². The molecule has 8 heteroatoms. The van der Waals surface area contributed by atoms with Crippen LogP contribution in [-0.4, -0.2) is 32.7 Å². The van der Waals surface area contributed by atoms with E-state index >= 15 is 0 Å². The Morgan fingerprint density at radius 1 is 1.11 bits per heavy atom. The van der Waals surface area contributed by atoms with Crippen LogP contribution in [0.15, 0.2) is 27.5 Å². The molecule has 2 aromatic rings. The van der Waals surface area contributed by atoms with E-state index < -0.39 is 34.9 Å². The van der Waals surface area contributed by atoms with Gasteiger partial charge in [0.2, 0.25) is 0 Å². The van der Waals surface area contributed by atoms with E-state index in [0.717, 1.165) is 4.47 Å². The molecule has 28 heavy (non-hydrogen) atoms. The first-order chi connectivity index (χ1) is 12.8. The van der Waals surface area contributed by atoms with E-state index in [9.17, 15) is 14.4 Å². The maximum atomic E-state index is 12.9. The van der Waals surface area contributed by atoms with Gasteiger partial charge < -0.3 is 14.5 Å². The van der Waals surface area contributed by atoms with Crippen molar-refractivity contribution in [3.8, 4) is 0 Å². The molecule has 1 aromatic carbocycles. The van der Waals surface area contributed by atoms with Crippen LogP contribution in [0.3, 0.4) is 0 Å². The Kier molecular flexibility index (Phi) is 6.43. The van der Waals surface area contributed by atoms with Gasteiger partial charge in [-0.3, -0.25) is 9.36 Å². The van der Waals surface area contributed by atoms with E-state index in [1.54, 1.807) is 59.7 Å². The van der Waals surface area contributed by atoms with Gasteiger partial charge in [-0.05, 0) is 66.2 Å². The first-order valence-corrected chi connectivity index (χ1v) is 9.90. The number of imidazole rings is 1. The van der Waals surface area contributed by atoms with Crippen LogP contribution < -0.4 is 5.69 Å². The molecule has 0 bridgehead atoms. The monoisotopic (exact) mass is 454 g/mol. The van der Waals surface area contributed by atoms with Crippen molar-refractivity contribution < 1.29 is 19.1 Å². The van der Waals surface area contributed by atoms with Gasteiger partial charge in [-0.25, -0.2) is 9.59 Å². The third-order valence-corrected chi connectivity index (χ3v) is 4.21. The lowest BCUT2D eigenvalue weighted by Gasteiger charge is -2.25. The number of fused-ring (bicyclic) bond motifs is 1. The van der Waals surface area contributed by atoms with Crippen LogP contribution in [0.25, 0.3) is 11.0 Å². The van der Waals surface area contributed by atoms with Gasteiger partial charge >= 0.3 is 17.6 Å². The van der Waals surface area contributed by atoms with Gasteiger partial charge in [0.1, 0.15) is 17.2 Å². The Morgan fingerprint density at radius 2 is 1.71 bits per heavy atom. The Balaban J connectivity index is 2.40. The minimum atomic E-state index is -0.956. The predicted octanol–water partition coefficient (Wildman–Crippen LogP) is 4.10. The number of nitrogens with one attached hydrogen (secondary N) is 1. The molecule has 1 unspecified atom stereocenters. The summed E-state index contributed by atoms with van der Waals surface area (Å²) in [6, 6.07) is 4.34. The molecule has 1 N–H and O–H groups in total. The van der Waals surface area contributed by atoms with Crippen LogP contribution >= 0.6 is 15.9 Å². The van der Waals surface area contributed by atoms with Crippen molar-refractivity contribution in [2.45, 2.75) is 71.6 Å². The third kappa shape index (κ3) is 5.95. The average molecular weight is 455 g/mol. The fourth-order valence-electron chi connectivity index (χ4n) is 2.77. The first kappa shape index (κ1) is 22.2. The molecule has 1 aromatic heterocycles. The number of ether oxygens (including phenoxy) is 2. The molecule has 0 spiro atoms. The van der Waals surface area contributed by atoms with E-state index in [1.165, 1.54) is 4.57 Å². The average Bonchev–Trinajstić information content (AvgIpc) is 2.80. The van der Waals surface area contributed by atoms with Gasteiger partial charge in [-0.15, -0.1) is 0 Å². The van der Waals surface area contributed by atoms with Crippen LogP contribution in [0.4, 0.5) is 0 Å². The fraction of sp³-hybridized carbons (Fsp3) is 0.550. The molecule has 7 nitrogen and oxygen atoms in total. The molecule has 0 saturated heterocycles. The van der Waals surface area contributed by atoms with E-state index in [0.29, 0.717) is 11.0 Å². The van der Waals surface area contributed by atoms with Crippen molar-refractivity contribution in [2.24, 2.45) is 0 Å². The zero-order valence-electron chi connectivity index (χ0n) is 17.1. The van der Waals surface area contributed by atoms with Gasteiger partial charge in [-0.2, -0.15) is 0 Å². The molecule has 0 amide bonds. The summed E-state index contributed by atoms with van der Waals surface area (Å²) in [6.07, 6.45) is 0.0670. The molecule has 0 fully saturated rings. The summed E-state index contributed by atoms with van der Waals surface area (Å²) in [6.45, 7) is 10.6. The summed E-state index contributed by atoms with van der Waals surface area (Å²) >= 11 is 3.39. The van der Waals surface area contributed by atoms with Gasteiger partial charge in [0.15, 0.2) is 0 Å². The van der Waals surface area contributed by atoms with Crippen molar-refractivity contribution in [1.82, 2.24) is 9.55 Å². The summed E-state index contributed by atoms with van der Waals surface area (Å²) in [4.78, 5) is 40.4. The van der Waals surface area contributed by atoms with Gasteiger partial charge in [-0.1, -0.05) is 15.9 Å². The molecular weight excluding hydrogens is 428 g/mol. The molecule has 1 atom stereocenters. The first-order valence-electron chi connectivity index (χ1n) is 9.11. The third-order valence-electron chi connectivity index (χ3n) is 3.71. The molecule has 0 aliphatic rings. The highest BCUT2D eigenvalue weighted by Gasteiger charge is 2.30. The van der Waals surface area contributed by atoms with Crippen molar-refractivity contribution in [3.63, 3.8) is 0 Å². The number of nitrogens with zero attached hydrogens (tertiary/aromatic N) is 1. The highest BCUT2D eigenvalue weighted by Crippen LogP contribution is 2.25. The molecule has 2 rings (SSSR count). The van der Waals surface area contributed by atoms with Crippen LogP contribution in [0.2, 0.25) is 0 Å². The van der Waals surface area contributed by atoms with E-state index in [-0.39, 0.29) is 12.8 Å². The quantitative estimate of drug-likeness (QED) is 0.686. The zero-order chi connectivity index (χ0) is 21.3. The van der Waals surface area contributed by atoms with Crippen LogP contribution in [0.1, 0.15) is 60.4 Å². The lowest BCUT2D eigenvalue weighted by molar-refractivity contribution is -0.160. The normalized spacial score (nSPS) is 13.4. The number of aromatic amines is 1. The molecule has 0 aliphatic heterocycles. The second-order valence-corrected chi connectivity index (χ2v) is 9.55. The van der Waals surface area contributed by atoms with Crippen LogP contribution in [0.5, 0.6) is 0 Å². The lowest BCUT2D eigenvalue weighted by atomic mass is 10.1. The Morgan fingerprint density at radius 3 is 2.29 bits per heavy atom. The molecule has 154 valence electrons. The molecule has 0 radical (unpaired) electrons. The largest absolute Gasteiger partial charge is 0.460 e. The maximum absolute atomic E-state index is 12.9. The number of benzene rings is 1. The minimum Gasteiger partial charge on any atom is -0.460 e. The van der Waals surface area contributed by atoms with Crippen LogP contribution in [0, 0.1) is 0 Å². The summed E-state index contributed by atoms with van der Waals surface area (Å²) in [5.41, 5.74) is -0.634. The number of H-pyrrole nitrogens is 1. The van der Waals surface area contributed by atoms with Gasteiger partial charge in [0.25, 0.3) is 0 Å². The number of hydrogen-bond donors (Lipinski definition) is 1. The number of esters is 2. The number of halogens is 1. The topological polar surface area (TPSA) is 90.4 Å². The number of rotatable bonds is 5. The number of aromatic nitrogens is 2. The maximum Gasteiger partial charge on any atom is 0.329 e. The van der Waals surface area contributed by atoms with E-state index in [2.05, 4.69) is 20.9 Å². The van der Waals surface area contributed by atoms with Crippen molar-refractivity contribution in [1.29, 1.82) is 0 Å². The lowest BCUT2D eigenvalue weighted by Crippen LogP contribution is -2.35. The van der Waals surface area contributed by atoms with Crippen molar-refractivity contribution in [3.05, 3.63) is 33.2 Å². The number of hydrogen-bond acceptors (Lipinski definition) is 5. The molecule has 0 saturated carbocycles. The van der Waals surface area contributed by atoms with Crippen molar-refractivity contribution in [2.75, 3.05) is 0 Å². The van der Waals surface area contributed by atoms with E-state index in [4.69, 9.17) is 9.47 Å². The van der Waals surface area contributed by atoms with Gasteiger partial charge in [0, 0.05) is 10.9 Å². The number of carbonyl (C=O) groups excluding carboxylic acids is 2. The standard InChI is InChI=1S/C20H27BrN2O5/c1-19(2,3)27-16(24)10-9-14(17(25)28-20(4,5)6)23-15-11-12(21)7-8-13(15)22-18(23)26/h7-8,11,14H,9-10H2,1-6H3,(H,22,26). The Hall–Kier alpha value is -2.09. The zero-order valence-corrected chi connectivity index (χ0v) is 18.7. The summed E-state index contributed by atoms with van der Waals surface area (Å²) in [5, 5.41) is 0. The van der Waals surface area contributed by atoms with Crippen LogP contribution in [-0.2, 0) is 19.1 Å². The summed E-state index contributed by atoms with van der Waals surface area (Å²) in [7, 11) is 0. The second-order valence-electron chi connectivity index (χ2n) is 8.64. The SMILES string of the molecule is CC(C)(C)OC(=O)CCC(C(=O)OC(C)(C)C)n1c(=O)[nH]c2ccc(Br)cc21. The number of carbonyl (C=O) groups is 2. The molecule has 0 aliphatic carbocycles. The highest BCUT2D eigenvalue weighted by atomic mass is 79.9. The summed E-state index contributed by atoms with van der Waals surface area (Å²) in [5.74, 6) is -1.01. The highest BCUT2D eigenvalue weighted by molar-refractivity contribution is 9.10. The van der Waals surface area contributed by atoms with E-state index in [1.807, 2.05) is 0 Å². The molecular formula is C20H27BrN2O5. The molecule has 1 heterocycles. The Labute approximate surface area is 172 Å². The second kappa shape index (κ2) is 8.11. The van der Waals surface area contributed by atoms with Gasteiger partial charge in [0.05, 0.1) is 11.0 Å². The summed E-state index contributed by atoms with van der Waals surface area (Å²) < 4.78 is 13.0. The smallest absolute Gasteiger partial charge is 0.329 e. The predicted molar refractivity (Wildman–Crippen MR) is 110 cm³/mol. The minimum absolute atomic E-state index is 0.0195. The Bertz CT molecular complexity index is 931.